The standard InChI is InChI=1S/C13H17F2NO2/c1-2-10-8-17-12(7-16-10)9-3-5-11(6-4-9)18-13(14)15/h3-6,10,12-13,16H,2,7-8H2,1H3. The minimum atomic E-state index is -2.78. The van der Waals surface area contributed by atoms with Gasteiger partial charge < -0.3 is 14.8 Å². The fourth-order valence-electron chi connectivity index (χ4n) is 1.96. The van der Waals surface area contributed by atoms with E-state index in [0.29, 0.717) is 12.6 Å². The molecule has 0 saturated carbocycles. The van der Waals surface area contributed by atoms with E-state index in [1.807, 2.05) is 0 Å². The summed E-state index contributed by atoms with van der Waals surface area (Å²) in [5.74, 6) is 0.170. The molecule has 1 aromatic rings. The van der Waals surface area contributed by atoms with Crippen LogP contribution in [-0.4, -0.2) is 25.8 Å². The molecule has 3 nitrogen and oxygen atoms in total. The van der Waals surface area contributed by atoms with Gasteiger partial charge in [0.2, 0.25) is 0 Å². The van der Waals surface area contributed by atoms with Crippen LogP contribution in [0.5, 0.6) is 5.75 Å². The van der Waals surface area contributed by atoms with Gasteiger partial charge in [-0.3, -0.25) is 0 Å². The van der Waals surface area contributed by atoms with Crippen molar-refractivity contribution in [3.63, 3.8) is 0 Å². The molecular formula is C13H17F2NO2. The van der Waals surface area contributed by atoms with Gasteiger partial charge in [-0.25, -0.2) is 0 Å². The number of ether oxygens (including phenoxy) is 2. The van der Waals surface area contributed by atoms with Crippen molar-refractivity contribution in [3.8, 4) is 5.75 Å². The van der Waals surface area contributed by atoms with Gasteiger partial charge in [-0.2, -0.15) is 8.78 Å². The van der Waals surface area contributed by atoms with Crippen molar-refractivity contribution in [3.05, 3.63) is 29.8 Å². The summed E-state index contributed by atoms with van der Waals surface area (Å²) in [6.45, 7) is 0.746. The molecule has 0 spiro atoms. The molecule has 2 rings (SSSR count). The molecule has 1 aliphatic heterocycles. The van der Waals surface area contributed by atoms with Crippen molar-refractivity contribution in [1.29, 1.82) is 0 Å². The number of nitrogens with one attached hydrogen (secondary N) is 1. The smallest absolute Gasteiger partial charge is 0.387 e. The van der Waals surface area contributed by atoms with E-state index in [9.17, 15) is 8.78 Å². The van der Waals surface area contributed by atoms with Crippen molar-refractivity contribution in [2.75, 3.05) is 13.2 Å². The second kappa shape index (κ2) is 6.11. The lowest BCUT2D eigenvalue weighted by Gasteiger charge is -2.30. The summed E-state index contributed by atoms with van der Waals surface area (Å²) in [6.07, 6.45) is 1.02. The third kappa shape index (κ3) is 3.40. The lowest BCUT2D eigenvalue weighted by atomic mass is 10.1. The molecule has 1 N–H and O–H groups in total. The Balaban J connectivity index is 1.93. The summed E-state index contributed by atoms with van der Waals surface area (Å²) in [5, 5.41) is 3.39. The second-order valence-electron chi connectivity index (χ2n) is 4.28. The first-order chi connectivity index (χ1) is 8.69. The highest BCUT2D eigenvalue weighted by atomic mass is 19.3. The van der Waals surface area contributed by atoms with Crippen LogP contribution in [0.3, 0.4) is 0 Å². The van der Waals surface area contributed by atoms with Gasteiger partial charge in [0.05, 0.1) is 12.7 Å². The summed E-state index contributed by atoms with van der Waals surface area (Å²) in [7, 11) is 0. The average molecular weight is 257 g/mol. The topological polar surface area (TPSA) is 30.5 Å². The maximum atomic E-state index is 12.0. The van der Waals surface area contributed by atoms with E-state index in [4.69, 9.17) is 4.74 Å². The monoisotopic (exact) mass is 257 g/mol. The van der Waals surface area contributed by atoms with E-state index < -0.39 is 6.61 Å². The lowest BCUT2D eigenvalue weighted by Crippen LogP contribution is -2.42. The van der Waals surface area contributed by atoms with E-state index in [1.54, 1.807) is 12.1 Å². The minimum absolute atomic E-state index is 0.0200. The van der Waals surface area contributed by atoms with Gasteiger partial charge in [0, 0.05) is 12.6 Å². The molecule has 1 aromatic carbocycles. The minimum Gasteiger partial charge on any atom is -0.435 e. The van der Waals surface area contributed by atoms with Gasteiger partial charge in [-0.05, 0) is 24.1 Å². The Labute approximate surface area is 105 Å². The van der Waals surface area contributed by atoms with Crippen LogP contribution in [0, 0.1) is 0 Å². The lowest BCUT2D eigenvalue weighted by molar-refractivity contribution is -0.0499. The largest absolute Gasteiger partial charge is 0.435 e. The molecule has 5 heteroatoms. The predicted molar refractivity (Wildman–Crippen MR) is 63.8 cm³/mol. The molecule has 0 bridgehead atoms. The molecule has 1 aliphatic rings. The zero-order valence-electron chi connectivity index (χ0n) is 10.2. The summed E-state index contributed by atoms with van der Waals surface area (Å²) >= 11 is 0. The van der Waals surface area contributed by atoms with Crippen LogP contribution in [0.4, 0.5) is 8.78 Å². The third-order valence-corrected chi connectivity index (χ3v) is 3.06. The van der Waals surface area contributed by atoms with Gasteiger partial charge in [0.15, 0.2) is 0 Å². The Bertz CT molecular complexity index is 362. The molecule has 0 aliphatic carbocycles. The molecule has 1 fully saturated rings. The second-order valence-corrected chi connectivity index (χ2v) is 4.28. The first kappa shape index (κ1) is 13.2. The molecule has 0 radical (unpaired) electrons. The zero-order chi connectivity index (χ0) is 13.0. The van der Waals surface area contributed by atoms with E-state index in [1.165, 1.54) is 12.1 Å². The summed E-state index contributed by atoms with van der Waals surface area (Å²) in [6, 6.07) is 7.00. The highest BCUT2D eigenvalue weighted by Crippen LogP contribution is 2.23. The van der Waals surface area contributed by atoms with Crippen LogP contribution in [-0.2, 0) is 4.74 Å². The number of halogens is 2. The van der Waals surface area contributed by atoms with Crippen LogP contribution in [0.25, 0.3) is 0 Å². The molecule has 2 atom stereocenters. The maximum Gasteiger partial charge on any atom is 0.387 e. The highest BCUT2D eigenvalue weighted by molar-refractivity contribution is 5.29. The Morgan fingerprint density at radius 2 is 2.11 bits per heavy atom. The van der Waals surface area contributed by atoms with E-state index in [-0.39, 0.29) is 11.9 Å². The van der Waals surface area contributed by atoms with Crippen molar-refractivity contribution in [1.82, 2.24) is 5.32 Å². The molecule has 100 valence electrons. The highest BCUT2D eigenvalue weighted by Gasteiger charge is 2.21. The van der Waals surface area contributed by atoms with Gasteiger partial charge in [-0.1, -0.05) is 19.1 Å². The molecule has 2 unspecified atom stereocenters. The number of alkyl halides is 2. The number of hydrogen-bond acceptors (Lipinski definition) is 3. The SMILES string of the molecule is CCC1COC(c2ccc(OC(F)F)cc2)CN1. The van der Waals surface area contributed by atoms with Crippen molar-refractivity contribution >= 4 is 0 Å². The van der Waals surface area contributed by atoms with Crippen LogP contribution < -0.4 is 10.1 Å². The first-order valence-electron chi connectivity index (χ1n) is 6.08. The van der Waals surface area contributed by atoms with Crippen molar-refractivity contribution < 1.29 is 18.3 Å². The Morgan fingerprint density at radius 3 is 2.61 bits per heavy atom. The normalized spacial score (nSPS) is 24.2. The molecule has 18 heavy (non-hydrogen) atoms. The van der Waals surface area contributed by atoms with Crippen molar-refractivity contribution in [2.24, 2.45) is 0 Å². The molecule has 0 amide bonds. The molecule has 0 aromatic heterocycles. The quantitative estimate of drug-likeness (QED) is 0.899. The number of rotatable bonds is 4. The zero-order valence-corrected chi connectivity index (χ0v) is 10.2. The molecule has 1 heterocycles. The van der Waals surface area contributed by atoms with Crippen LogP contribution in [0.15, 0.2) is 24.3 Å². The Hall–Kier alpha value is -1.20. The summed E-state index contributed by atoms with van der Waals surface area (Å²) in [4.78, 5) is 0. The van der Waals surface area contributed by atoms with E-state index >= 15 is 0 Å². The number of morpholine rings is 1. The van der Waals surface area contributed by atoms with Crippen LogP contribution >= 0.6 is 0 Å². The molecular weight excluding hydrogens is 240 g/mol. The van der Waals surface area contributed by atoms with Gasteiger partial charge in [0.1, 0.15) is 5.75 Å². The first-order valence-corrected chi connectivity index (χ1v) is 6.08. The summed E-state index contributed by atoms with van der Waals surface area (Å²) < 4.78 is 34.0. The fourth-order valence-corrected chi connectivity index (χ4v) is 1.96. The van der Waals surface area contributed by atoms with E-state index in [2.05, 4.69) is 17.0 Å². The van der Waals surface area contributed by atoms with Gasteiger partial charge in [0.25, 0.3) is 0 Å². The average Bonchev–Trinajstić information content (AvgIpc) is 2.39. The Kier molecular flexibility index (Phi) is 4.49. The van der Waals surface area contributed by atoms with E-state index in [0.717, 1.165) is 18.5 Å². The van der Waals surface area contributed by atoms with Gasteiger partial charge in [-0.15, -0.1) is 0 Å². The number of hydrogen-bond donors (Lipinski definition) is 1. The fraction of sp³-hybridized carbons (Fsp3) is 0.538. The third-order valence-electron chi connectivity index (χ3n) is 3.06. The number of benzene rings is 1. The predicted octanol–water partition coefficient (Wildman–Crippen LogP) is 2.73. The van der Waals surface area contributed by atoms with Crippen molar-refractivity contribution in [2.45, 2.75) is 32.1 Å². The van der Waals surface area contributed by atoms with Crippen LogP contribution in [0.2, 0.25) is 0 Å². The molecule has 1 saturated heterocycles. The maximum absolute atomic E-state index is 12.0. The van der Waals surface area contributed by atoms with Crippen LogP contribution in [0.1, 0.15) is 25.0 Å². The summed E-state index contributed by atoms with van der Waals surface area (Å²) in [5.41, 5.74) is 0.971. The Morgan fingerprint density at radius 1 is 1.39 bits per heavy atom. The van der Waals surface area contributed by atoms with Gasteiger partial charge >= 0.3 is 6.61 Å².